The van der Waals surface area contributed by atoms with Crippen molar-refractivity contribution in [2.24, 2.45) is 5.41 Å². The summed E-state index contributed by atoms with van der Waals surface area (Å²) in [7, 11) is 0. The Labute approximate surface area is 108 Å². The van der Waals surface area contributed by atoms with Crippen LogP contribution in [0.2, 0.25) is 0 Å². The quantitative estimate of drug-likeness (QED) is 0.660. The fourth-order valence-corrected chi connectivity index (χ4v) is 1.16. The molecule has 0 spiro atoms. The highest BCUT2D eigenvalue weighted by Gasteiger charge is 2.25. The number of hydrogen-bond acceptors (Lipinski definition) is 4. The van der Waals surface area contributed by atoms with E-state index in [1.807, 2.05) is 6.92 Å². The van der Waals surface area contributed by atoms with Crippen LogP contribution in [0, 0.1) is 5.41 Å². The van der Waals surface area contributed by atoms with Crippen LogP contribution in [0.1, 0.15) is 34.1 Å². The Morgan fingerprint density at radius 3 is 2.50 bits per heavy atom. The van der Waals surface area contributed by atoms with Gasteiger partial charge in [0.25, 0.3) is 0 Å². The molecule has 0 amide bonds. The Morgan fingerprint density at radius 1 is 1.28 bits per heavy atom. The highest BCUT2D eigenvalue weighted by Crippen LogP contribution is 2.32. The van der Waals surface area contributed by atoms with E-state index < -0.39 is 5.41 Å². The number of carbonyl (C=O) groups is 1. The van der Waals surface area contributed by atoms with Gasteiger partial charge in [-0.3, -0.25) is 4.79 Å². The molecule has 0 heterocycles. The van der Waals surface area contributed by atoms with Gasteiger partial charge in [-0.25, -0.2) is 0 Å². The third-order valence-electron chi connectivity index (χ3n) is 2.20. The third-order valence-corrected chi connectivity index (χ3v) is 2.20. The first kappa shape index (κ1) is 14.4. The first-order valence-electron chi connectivity index (χ1n) is 6.02. The molecule has 0 saturated carbocycles. The molecule has 0 saturated heterocycles. The predicted octanol–water partition coefficient (Wildman–Crippen LogP) is 3.13. The van der Waals surface area contributed by atoms with Crippen molar-refractivity contribution in [3.63, 3.8) is 0 Å². The van der Waals surface area contributed by atoms with E-state index in [0.717, 1.165) is 6.42 Å². The van der Waals surface area contributed by atoms with Gasteiger partial charge in [0.2, 0.25) is 0 Å². The molecule has 1 aromatic rings. The van der Waals surface area contributed by atoms with Crippen LogP contribution < -0.4 is 9.47 Å². The number of hydrogen-bond donors (Lipinski definition) is 1. The molecule has 0 unspecified atom stereocenters. The van der Waals surface area contributed by atoms with Gasteiger partial charge in [-0.15, -0.1) is 0 Å². The standard InChI is InChI=1S/C14H20O4/c1-5-8-17-12-9-10(15)6-7-11(12)18-13(16)14(2,3)4/h6-7,9,15H,5,8H2,1-4H3. The van der Waals surface area contributed by atoms with Crippen LogP contribution in [0.15, 0.2) is 18.2 Å². The van der Waals surface area contributed by atoms with Crippen molar-refractivity contribution < 1.29 is 19.4 Å². The molecular formula is C14H20O4. The molecule has 18 heavy (non-hydrogen) atoms. The van der Waals surface area contributed by atoms with Crippen molar-refractivity contribution in [1.29, 1.82) is 0 Å². The monoisotopic (exact) mass is 252 g/mol. The van der Waals surface area contributed by atoms with Gasteiger partial charge in [0.1, 0.15) is 5.75 Å². The van der Waals surface area contributed by atoms with Crippen LogP contribution in [0.5, 0.6) is 17.2 Å². The molecule has 0 aliphatic carbocycles. The molecule has 1 aromatic carbocycles. The van der Waals surface area contributed by atoms with Crippen molar-refractivity contribution >= 4 is 5.97 Å². The highest BCUT2D eigenvalue weighted by molar-refractivity contribution is 5.78. The summed E-state index contributed by atoms with van der Waals surface area (Å²) in [6.45, 7) is 7.82. The van der Waals surface area contributed by atoms with Gasteiger partial charge < -0.3 is 14.6 Å². The van der Waals surface area contributed by atoms with E-state index in [1.165, 1.54) is 18.2 Å². The fraction of sp³-hybridized carbons (Fsp3) is 0.500. The van der Waals surface area contributed by atoms with Gasteiger partial charge in [0.05, 0.1) is 12.0 Å². The van der Waals surface area contributed by atoms with E-state index >= 15 is 0 Å². The summed E-state index contributed by atoms with van der Waals surface area (Å²) in [6, 6.07) is 4.44. The topological polar surface area (TPSA) is 55.8 Å². The summed E-state index contributed by atoms with van der Waals surface area (Å²) in [5, 5.41) is 9.41. The first-order chi connectivity index (χ1) is 8.34. The van der Waals surface area contributed by atoms with E-state index in [-0.39, 0.29) is 11.7 Å². The number of carbonyl (C=O) groups excluding carboxylic acids is 1. The summed E-state index contributed by atoms with van der Waals surface area (Å²) in [5.74, 6) is 0.460. The van der Waals surface area contributed by atoms with Crippen molar-refractivity contribution in [2.75, 3.05) is 6.61 Å². The van der Waals surface area contributed by atoms with Gasteiger partial charge in [-0.1, -0.05) is 6.92 Å². The van der Waals surface area contributed by atoms with Crippen molar-refractivity contribution in [3.05, 3.63) is 18.2 Å². The SMILES string of the molecule is CCCOc1cc(O)ccc1OC(=O)C(C)(C)C. The van der Waals surface area contributed by atoms with Crippen molar-refractivity contribution in [1.82, 2.24) is 0 Å². The van der Waals surface area contributed by atoms with Gasteiger partial charge >= 0.3 is 5.97 Å². The van der Waals surface area contributed by atoms with E-state index in [1.54, 1.807) is 20.8 Å². The molecule has 100 valence electrons. The summed E-state index contributed by atoms with van der Waals surface area (Å²) >= 11 is 0. The smallest absolute Gasteiger partial charge is 0.316 e. The number of benzene rings is 1. The zero-order valence-electron chi connectivity index (χ0n) is 11.3. The van der Waals surface area contributed by atoms with Crippen LogP contribution in [0.4, 0.5) is 0 Å². The molecule has 4 heteroatoms. The highest BCUT2D eigenvalue weighted by atomic mass is 16.6. The lowest BCUT2D eigenvalue weighted by molar-refractivity contribution is -0.143. The summed E-state index contributed by atoms with van der Waals surface area (Å²) in [6.07, 6.45) is 0.836. The molecule has 0 aliphatic heterocycles. The van der Waals surface area contributed by atoms with Crippen LogP contribution in [0.3, 0.4) is 0 Å². The minimum atomic E-state index is -0.583. The molecule has 0 radical (unpaired) electrons. The minimum Gasteiger partial charge on any atom is -0.508 e. The second-order valence-corrected chi connectivity index (χ2v) is 5.12. The first-order valence-corrected chi connectivity index (χ1v) is 6.02. The second kappa shape index (κ2) is 5.76. The third kappa shape index (κ3) is 3.95. The van der Waals surface area contributed by atoms with E-state index in [2.05, 4.69) is 0 Å². The fourth-order valence-electron chi connectivity index (χ4n) is 1.16. The number of rotatable bonds is 4. The summed E-state index contributed by atoms with van der Waals surface area (Å²) < 4.78 is 10.7. The average Bonchev–Trinajstić information content (AvgIpc) is 2.28. The van der Waals surface area contributed by atoms with Gasteiger partial charge in [0, 0.05) is 6.07 Å². The molecule has 0 atom stereocenters. The number of ether oxygens (including phenoxy) is 2. The summed E-state index contributed by atoms with van der Waals surface area (Å²) in [5.41, 5.74) is -0.583. The molecular weight excluding hydrogens is 232 g/mol. The van der Waals surface area contributed by atoms with Gasteiger partial charge in [0.15, 0.2) is 11.5 Å². The predicted molar refractivity (Wildman–Crippen MR) is 69.0 cm³/mol. The zero-order chi connectivity index (χ0) is 13.8. The molecule has 4 nitrogen and oxygen atoms in total. The Kier molecular flexibility index (Phi) is 4.59. The maximum absolute atomic E-state index is 11.8. The van der Waals surface area contributed by atoms with E-state index in [4.69, 9.17) is 9.47 Å². The number of phenolic OH excluding ortho intramolecular Hbond substituents is 1. The molecule has 0 bridgehead atoms. The lowest BCUT2D eigenvalue weighted by Gasteiger charge is -2.18. The maximum atomic E-state index is 11.8. The second-order valence-electron chi connectivity index (χ2n) is 5.12. The zero-order valence-corrected chi connectivity index (χ0v) is 11.3. The van der Waals surface area contributed by atoms with Crippen LogP contribution in [-0.2, 0) is 4.79 Å². The Balaban J connectivity index is 2.90. The van der Waals surface area contributed by atoms with E-state index in [9.17, 15) is 9.90 Å². The van der Waals surface area contributed by atoms with Crippen LogP contribution >= 0.6 is 0 Å². The molecule has 1 rings (SSSR count). The van der Waals surface area contributed by atoms with Crippen molar-refractivity contribution in [2.45, 2.75) is 34.1 Å². The van der Waals surface area contributed by atoms with Gasteiger partial charge in [-0.2, -0.15) is 0 Å². The number of aromatic hydroxyl groups is 1. The van der Waals surface area contributed by atoms with Crippen LogP contribution in [0.25, 0.3) is 0 Å². The average molecular weight is 252 g/mol. The Bertz CT molecular complexity index is 418. The Hall–Kier alpha value is -1.71. The summed E-state index contributed by atoms with van der Waals surface area (Å²) in [4.78, 5) is 11.8. The van der Waals surface area contributed by atoms with Crippen molar-refractivity contribution in [3.8, 4) is 17.2 Å². The molecule has 0 aromatic heterocycles. The number of esters is 1. The lowest BCUT2D eigenvalue weighted by Crippen LogP contribution is -2.25. The lowest BCUT2D eigenvalue weighted by atomic mass is 9.97. The largest absolute Gasteiger partial charge is 0.508 e. The maximum Gasteiger partial charge on any atom is 0.316 e. The Morgan fingerprint density at radius 2 is 1.94 bits per heavy atom. The van der Waals surface area contributed by atoms with Gasteiger partial charge in [-0.05, 0) is 39.3 Å². The molecule has 0 fully saturated rings. The number of phenols is 1. The molecule has 1 N–H and O–H groups in total. The van der Waals surface area contributed by atoms with Crippen LogP contribution in [-0.4, -0.2) is 17.7 Å². The van der Waals surface area contributed by atoms with E-state index in [0.29, 0.717) is 18.1 Å². The minimum absolute atomic E-state index is 0.0802. The normalized spacial score (nSPS) is 11.1. The molecule has 0 aliphatic rings.